The SMILES string of the molecule is COc1ccc(C(=O)Nc2ccn(Cc3c(F)c(F)cc(F)c3F)n2)cc1OC. The number of hydrogen-bond acceptors (Lipinski definition) is 4. The minimum atomic E-state index is -1.51. The molecule has 0 atom stereocenters. The van der Waals surface area contributed by atoms with Gasteiger partial charge in [0.15, 0.2) is 40.6 Å². The number of hydrogen-bond donors (Lipinski definition) is 1. The van der Waals surface area contributed by atoms with E-state index in [0.29, 0.717) is 11.5 Å². The molecule has 1 aromatic heterocycles. The Hall–Kier alpha value is -3.56. The Bertz CT molecular complexity index is 1040. The third-order valence-corrected chi connectivity index (χ3v) is 4.05. The zero-order valence-electron chi connectivity index (χ0n) is 15.3. The largest absolute Gasteiger partial charge is 0.493 e. The van der Waals surface area contributed by atoms with E-state index in [2.05, 4.69) is 10.4 Å². The molecule has 0 saturated heterocycles. The van der Waals surface area contributed by atoms with Crippen LogP contribution in [0.25, 0.3) is 0 Å². The summed E-state index contributed by atoms with van der Waals surface area (Å²) < 4.78 is 65.5. The third kappa shape index (κ3) is 4.15. The van der Waals surface area contributed by atoms with Crippen LogP contribution in [0.15, 0.2) is 36.5 Å². The quantitative estimate of drug-likeness (QED) is 0.498. The van der Waals surface area contributed by atoms with Crippen LogP contribution in [0.3, 0.4) is 0 Å². The molecule has 0 aliphatic heterocycles. The highest BCUT2D eigenvalue weighted by Crippen LogP contribution is 2.28. The van der Waals surface area contributed by atoms with Crippen molar-refractivity contribution in [3.8, 4) is 11.5 Å². The van der Waals surface area contributed by atoms with Crippen LogP contribution in [0.4, 0.5) is 23.4 Å². The van der Waals surface area contributed by atoms with Crippen LogP contribution in [-0.2, 0) is 6.54 Å². The summed E-state index contributed by atoms with van der Waals surface area (Å²) in [7, 11) is 2.88. The molecule has 3 rings (SSSR count). The van der Waals surface area contributed by atoms with Crippen molar-refractivity contribution < 1.29 is 31.8 Å². The molecule has 2 aromatic carbocycles. The fourth-order valence-electron chi connectivity index (χ4n) is 2.61. The molecule has 29 heavy (non-hydrogen) atoms. The Labute approximate surface area is 162 Å². The highest BCUT2D eigenvalue weighted by Gasteiger charge is 2.20. The summed E-state index contributed by atoms with van der Waals surface area (Å²) >= 11 is 0. The van der Waals surface area contributed by atoms with Crippen molar-refractivity contribution in [3.05, 3.63) is 70.9 Å². The van der Waals surface area contributed by atoms with Crippen LogP contribution in [0, 0.1) is 23.3 Å². The Morgan fingerprint density at radius 1 is 1.00 bits per heavy atom. The average molecular weight is 409 g/mol. The van der Waals surface area contributed by atoms with Gasteiger partial charge in [-0.05, 0) is 18.2 Å². The van der Waals surface area contributed by atoms with E-state index in [1.165, 1.54) is 38.6 Å². The molecule has 1 heterocycles. The minimum Gasteiger partial charge on any atom is -0.493 e. The maximum absolute atomic E-state index is 13.8. The number of halogens is 4. The number of nitrogens with zero attached hydrogens (tertiary/aromatic N) is 2. The topological polar surface area (TPSA) is 65.4 Å². The van der Waals surface area contributed by atoms with Crippen LogP contribution in [0.2, 0.25) is 0 Å². The summed E-state index contributed by atoms with van der Waals surface area (Å²) in [5, 5.41) is 6.44. The molecule has 1 N–H and O–H groups in total. The van der Waals surface area contributed by atoms with E-state index in [4.69, 9.17) is 9.47 Å². The van der Waals surface area contributed by atoms with Gasteiger partial charge in [0.2, 0.25) is 0 Å². The Morgan fingerprint density at radius 2 is 1.66 bits per heavy atom. The lowest BCUT2D eigenvalue weighted by Crippen LogP contribution is -2.13. The smallest absolute Gasteiger partial charge is 0.257 e. The van der Waals surface area contributed by atoms with Crippen molar-refractivity contribution in [2.24, 2.45) is 0 Å². The molecule has 0 aliphatic carbocycles. The molecule has 3 aromatic rings. The van der Waals surface area contributed by atoms with E-state index in [1.807, 2.05) is 0 Å². The van der Waals surface area contributed by atoms with Gasteiger partial charge in [0.05, 0.1) is 26.3 Å². The number of anilines is 1. The van der Waals surface area contributed by atoms with Gasteiger partial charge < -0.3 is 14.8 Å². The molecule has 0 radical (unpaired) electrons. The molecule has 0 spiro atoms. The molecule has 0 saturated carbocycles. The fourth-order valence-corrected chi connectivity index (χ4v) is 2.61. The van der Waals surface area contributed by atoms with Gasteiger partial charge in [-0.3, -0.25) is 9.48 Å². The molecule has 6 nitrogen and oxygen atoms in total. The highest BCUT2D eigenvalue weighted by atomic mass is 19.2. The molecule has 1 amide bonds. The van der Waals surface area contributed by atoms with Crippen LogP contribution in [-0.4, -0.2) is 29.9 Å². The number of aromatic nitrogens is 2. The van der Waals surface area contributed by atoms with E-state index in [9.17, 15) is 22.4 Å². The van der Waals surface area contributed by atoms with E-state index in [-0.39, 0.29) is 17.4 Å². The summed E-state index contributed by atoms with van der Waals surface area (Å²) in [6, 6.07) is 6.02. The van der Waals surface area contributed by atoms with Crippen molar-refractivity contribution in [1.29, 1.82) is 0 Å². The maximum atomic E-state index is 13.8. The molecule has 10 heteroatoms. The first-order valence-electron chi connectivity index (χ1n) is 8.22. The summed E-state index contributed by atoms with van der Waals surface area (Å²) in [5.41, 5.74) is -0.565. The monoisotopic (exact) mass is 409 g/mol. The van der Waals surface area contributed by atoms with E-state index < -0.39 is 41.3 Å². The number of carbonyl (C=O) groups is 1. The third-order valence-electron chi connectivity index (χ3n) is 4.05. The molecule has 0 bridgehead atoms. The van der Waals surface area contributed by atoms with Crippen molar-refractivity contribution in [2.75, 3.05) is 19.5 Å². The predicted molar refractivity (Wildman–Crippen MR) is 95.1 cm³/mol. The minimum absolute atomic E-state index is 0.0717. The highest BCUT2D eigenvalue weighted by molar-refractivity contribution is 6.04. The standard InChI is InChI=1S/C19H15F4N3O3/c1-28-14-4-3-10(7-15(14)29-2)19(27)24-16-5-6-26(25-16)9-11-17(22)12(20)8-13(21)18(11)23/h3-8H,9H2,1-2H3,(H,24,25,27). The first-order valence-corrected chi connectivity index (χ1v) is 8.22. The van der Waals surface area contributed by atoms with Crippen molar-refractivity contribution in [1.82, 2.24) is 9.78 Å². The number of nitrogens with one attached hydrogen (secondary N) is 1. The zero-order valence-corrected chi connectivity index (χ0v) is 15.3. The average Bonchev–Trinajstić information content (AvgIpc) is 3.16. The van der Waals surface area contributed by atoms with Crippen LogP contribution in [0.5, 0.6) is 11.5 Å². The second kappa shape index (κ2) is 8.21. The summed E-state index contributed by atoms with van der Waals surface area (Å²) in [4.78, 5) is 12.4. The molecule has 0 aliphatic rings. The summed E-state index contributed by atoms with van der Waals surface area (Å²) in [6.45, 7) is -0.571. The van der Waals surface area contributed by atoms with Gasteiger partial charge in [-0.25, -0.2) is 17.6 Å². The molecular weight excluding hydrogens is 394 g/mol. The fraction of sp³-hybridized carbons (Fsp3) is 0.158. The second-order valence-corrected chi connectivity index (χ2v) is 5.87. The number of carbonyl (C=O) groups excluding carboxylic acids is 1. The van der Waals surface area contributed by atoms with Crippen molar-refractivity contribution in [2.45, 2.75) is 6.54 Å². The van der Waals surface area contributed by atoms with Gasteiger partial charge >= 0.3 is 0 Å². The lowest BCUT2D eigenvalue weighted by atomic mass is 10.2. The van der Waals surface area contributed by atoms with Gasteiger partial charge in [-0.1, -0.05) is 0 Å². The van der Waals surface area contributed by atoms with Gasteiger partial charge in [-0.15, -0.1) is 0 Å². The van der Waals surface area contributed by atoms with Gasteiger partial charge in [0, 0.05) is 23.9 Å². The van der Waals surface area contributed by atoms with Crippen LogP contribution >= 0.6 is 0 Å². The Kier molecular flexibility index (Phi) is 5.71. The number of rotatable bonds is 6. The number of benzene rings is 2. The lowest BCUT2D eigenvalue weighted by molar-refractivity contribution is 0.102. The molecule has 0 fully saturated rings. The number of amides is 1. The Balaban J connectivity index is 1.77. The molecule has 0 unspecified atom stereocenters. The van der Waals surface area contributed by atoms with Gasteiger partial charge in [0.1, 0.15) is 0 Å². The summed E-state index contributed by atoms with van der Waals surface area (Å²) in [5.74, 6) is -5.68. The van der Waals surface area contributed by atoms with E-state index in [0.717, 1.165) is 4.68 Å². The lowest BCUT2D eigenvalue weighted by Gasteiger charge is -2.09. The normalized spacial score (nSPS) is 10.7. The van der Waals surface area contributed by atoms with E-state index in [1.54, 1.807) is 6.07 Å². The van der Waals surface area contributed by atoms with Crippen molar-refractivity contribution >= 4 is 11.7 Å². The van der Waals surface area contributed by atoms with Crippen LogP contribution in [0.1, 0.15) is 15.9 Å². The first kappa shape index (κ1) is 20.2. The van der Waals surface area contributed by atoms with Crippen molar-refractivity contribution in [3.63, 3.8) is 0 Å². The van der Waals surface area contributed by atoms with Crippen LogP contribution < -0.4 is 14.8 Å². The molecule has 152 valence electrons. The predicted octanol–water partition coefficient (Wildman–Crippen LogP) is 3.76. The van der Waals surface area contributed by atoms with Gasteiger partial charge in [-0.2, -0.15) is 5.10 Å². The zero-order chi connectivity index (χ0) is 21.1. The second-order valence-electron chi connectivity index (χ2n) is 5.87. The maximum Gasteiger partial charge on any atom is 0.257 e. The van der Waals surface area contributed by atoms with Gasteiger partial charge in [0.25, 0.3) is 5.91 Å². The molecular formula is C19H15F4N3O3. The summed E-state index contributed by atoms with van der Waals surface area (Å²) in [6.07, 6.45) is 1.30. The number of methoxy groups -OCH3 is 2. The van der Waals surface area contributed by atoms with E-state index >= 15 is 0 Å². The number of ether oxygens (including phenoxy) is 2. The Morgan fingerprint density at radius 3 is 2.28 bits per heavy atom. The first-order chi connectivity index (χ1) is 13.8.